The maximum absolute atomic E-state index is 11.9. The van der Waals surface area contributed by atoms with Gasteiger partial charge >= 0.3 is 59.1 Å². The summed E-state index contributed by atoms with van der Waals surface area (Å²) >= 11 is 0. The van der Waals surface area contributed by atoms with Crippen molar-refractivity contribution >= 4 is 11.9 Å². The molecule has 230 valence electrons. The first-order chi connectivity index (χ1) is 19.5. The molecule has 1 saturated carbocycles. The van der Waals surface area contributed by atoms with Gasteiger partial charge in [-0.2, -0.15) is 0 Å². The molecule has 43 heavy (non-hydrogen) atoms. The summed E-state index contributed by atoms with van der Waals surface area (Å²) < 4.78 is 28.2. The Morgan fingerprint density at radius 2 is 1.40 bits per heavy atom. The van der Waals surface area contributed by atoms with Gasteiger partial charge in [-0.05, 0) is 25.3 Å². The van der Waals surface area contributed by atoms with Gasteiger partial charge in [0.15, 0.2) is 12.6 Å². The van der Waals surface area contributed by atoms with Crippen molar-refractivity contribution in [3.05, 3.63) is 35.9 Å². The number of carbonyl (C=O) groups excluding carboxylic acids is 2. The van der Waals surface area contributed by atoms with Gasteiger partial charge < -0.3 is 69.0 Å². The van der Waals surface area contributed by atoms with Gasteiger partial charge in [-0.15, -0.1) is 0 Å². The largest absolute Gasteiger partial charge is 1.00 e. The molecule has 0 aromatic heterocycles. The van der Waals surface area contributed by atoms with E-state index in [4.69, 9.17) is 23.7 Å². The minimum absolute atomic E-state index is 0. The number of carboxylic acid groups (broad SMARTS) is 2. The van der Waals surface area contributed by atoms with Gasteiger partial charge in [-0.25, -0.2) is 0 Å². The van der Waals surface area contributed by atoms with E-state index < -0.39 is 91.7 Å². The minimum atomic E-state index is -2.03. The predicted octanol–water partition coefficient (Wildman–Crippen LogP) is -9.89. The average Bonchev–Trinajstić information content (AvgIpc) is 2.94. The molecule has 3 fully saturated rings. The van der Waals surface area contributed by atoms with Gasteiger partial charge in [-0.3, -0.25) is 0 Å². The summed E-state index contributed by atoms with van der Waals surface area (Å²) in [6.45, 7) is 1.50. The monoisotopic (exact) mass is 630 g/mol. The molecule has 4 rings (SSSR count). The van der Waals surface area contributed by atoms with E-state index >= 15 is 0 Å². The number of aliphatic hydroxyl groups excluding tert-OH is 5. The number of carboxylic acids is 2. The molecular formula is C27H36Na2O14. The third-order valence-corrected chi connectivity index (χ3v) is 7.69. The van der Waals surface area contributed by atoms with Crippen molar-refractivity contribution in [2.45, 2.75) is 119 Å². The summed E-state index contributed by atoms with van der Waals surface area (Å²) in [5.74, 6) is -3.48. The summed E-state index contributed by atoms with van der Waals surface area (Å²) in [5.41, 5.74) is 0.559. The summed E-state index contributed by atoms with van der Waals surface area (Å²) in [6.07, 6.45) is -17.3. The molecule has 2 aliphatic heterocycles. The Kier molecular flexibility index (Phi) is 16.0. The topological polar surface area (TPSA) is 228 Å². The fourth-order valence-corrected chi connectivity index (χ4v) is 5.35. The van der Waals surface area contributed by atoms with Crippen molar-refractivity contribution in [2.24, 2.45) is 0 Å². The molecule has 0 amide bonds. The molecule has 13 atom stereocenters. The molecular weight excluding hydrogens is 594 g/mol. The summed E-state index contributed by atoms with van der Waals surface area (Å²) in [5, 5.41) is 75.8. The van der Waals surface area contributed by atoms with Crippen molar-refractivity contribution in [3.63, 3.8) is 0 Å². The van der Waals surface area contributed by atoms with Crippen LogP contribution in [0.25, 0.3) is 0 Å². The SMILES string of the molecule is C[C@H]1O[C@H](O[C@H]2CCCC[C@@H]2O[C@@H]2O[C@H](C(=O)[O-])[C@@H](O)[C@@H](O[C@@H](Cc3ccccc3)C(=O)[O-])[C@H]2O)[C@H](O)[C@H](O)[C@@H]1O.[Na+].[Na+]. The number of carbonyl (C=O) groups is 2. The number of benzene rings is 1. The van der Waals surface area contributed by atoms with Crippen LogP contribution in [-0.2, 0) is 39.7 Å². The maximum Gasteiger partial charge on any atom is 1.00 e. The first kappa shape index (κ1) is 38.9. The van der Waals surface area contributed by atoms with Crippen LogP contribution in [0.2, 0.25) is 0 Å². The second kappa shape index (κ2) is 17.6. The van der Waals surface area contributed by atoms with Crippen LogP contribution >= 0.6 is 0 Å². The van der Waals surface area contributed by atoms with Gasteiger partial charge in [-0.1, -0.05) is 43.2 Å². The number of rotatable bonds is 10. The van der Waals surface area contributed by atoms with Crippen LogP contribution in [0.3, 0.4) is 0 Å². The molecule has 0 spiro atoms. The molecule has 14 nitrogen and oxygen atoms in total. The fourth-order valence-electron chi connectivity index (χ4n) is 5.35. The third-order valence-electron chi connectivity index (χ3n) is 7.69. The van der Waals surface area contributed by atoms with Crippen molar-refractivity contribution in [2.75, 3.05) is 0 Å². The predicted molar refractivity (Wildman–Crippen MR) is 130 cm³/mol. The molecule has 1 aromatic carbocycles. The van der Waals surface area contributed by atoms with Crippen molar-refractivity contribution in [3.8, 4) is 0 Å². The third kappa shape index (κ3) is 9.64. The van der Waals surface area contributed by atoms with E-state index in [9.17, 15) is 45.3 Å². The van der Waals surface area contributed by atoms with Crippen molar-refractivity contribution in [1.82, 2.24) is 0 Å². The summed E-state index contributed by atoms with van der Waals surface area (Å²) in [4.78, 5) is 23.6. The molecule has 0 unspecified atom stereocenters. The summed E-state index contributed by atoms with van der Waals surface area (Å²) in [7, 11) is 0. The minimum Gasteiger partial charge on any atom is -0.547 e. The van der Waals surface area contributed by atoms with Gasteiger partial charge in [0.2, 0.25) is 0 Å². The van der Waals surface area contributed by atoms with Crippen LogP contribution in [0.1, 0.15) is 38.2 Å². The molecule has 0 bridgehead atoms. The first-order valence-corrected chi connectivity index (χ1v) is 13.6. The fraction of sp³-hybridized carbons (Fsp3) is 0.704. The zero-order valence-corrected chi connectivity index (χ0v) is 28.3. The molecule has 1 aliphatic carbocycles. The van der Waals surface area contributed by atoms with E-state index in [0.29, 0.717) is 31.2 Å². The molecule has 0 radical (unpaired) electrons. The van der Waals surface area contributed by atoms with Gasteiger partial charge in [0.1, 0.15) is 48.8 Å². The molecule has 5 N–H and O–H groups in total. The van der Waals surface area contributed by atoms with E-state index in [1.807, 2.05) is 0 Å². The van der Waals surface area contributed by atoms with Crippen LogP contribution in [-0.4, -0.2) is 117 Å². The first-order valence-electron chi connectivity index (χ1n) is 13.6. The smallest absolute Gasteiger partial charge is 0.547 e. The Labute approximate surface area is 292 Å². The number of hydrogen-bond donors (Lipinski definition) is 5. The van der Waals surface area contributed by atoms with Crippen LogP contribution in [0.4, 0.5) is 0 Å². The number of aliphatic hydroxyl groups is 5. The number of hydrogen-bond acceptors (Lipinski definition) is 14. The van der Waals surface area contributed by atoms with Crippen molar-refractivity contribution in [1.29, 1.82) is 0 Å². The van der Waals surface area contributed by atoms with E-state index in [1.165, 1.54) is 6.92 Å². The average molecular weight is 631 g/mol. The standard InChI is InChI=1S/C27H38O14.2Na/c1-12-17(28)18(29)19(30)26(37-12)39-14-9-5-6-10-15(14)40-27-21(32)22(20(31)23(41-27)25(35)36)38-16(24(33)34)11-13-7-3-2-4-8-13;;/h2-4,7-8,12,14-23,26-32H,5-6,9-11H2,1H3,(H,33,34)(H,35,36);;/q;2*+1/p-2/t12-,14+,15+,16+,17-,18-,19-,20+,21-,22-,23+,26-,27-;;/m1../s1. The quantitative estimate of drug-likeness (QED) is 0.151. The Hall–Kier alpha value is -0.240. The Morgan fingerprint density at radius 3 is 1.93 bits per heavy atom. The van der Waals surface area contributed by atoms with Crippen LogP contribution in [0.15, 0.2) is 30.3 Å². The van der Waals surface area contributed by atoms with Gasteiger partial charge in [0.25, 0.3) is 0 Å². The molecule has 2 heterocycles. The normalized spacial score (nSPS) is 38.7. The Bertz CT molecular complexity index is 1020. The second-order valence-corrected chi connectivity index (χ2v) is 10.6. The van der Waals surface area contributed by atoms with Gasteiger partial charge in [0.05, 0.1) is 30.3 Å². The molecule has 3 aliphatic rings. The van der Waals surface area contributed by atoms with Crippen LogP contribution in [0, 0.1) is 0 Å². The molecule has 16 heteroatoms. The second-order valence-electron chi connectivity index (χ2n) is 10.6. The maximum atomic E-state index is 11.9. The zero-order chi connectivity index (χ0) is 29.8. The molecule has 2 saturated heterocycles. The Morgan fingerprint density at radius 1 is 0.837 bits per heavy atom. The van der Waals surface area contributed by atoms with Gasteiger partial charge in [0, 0.05) is 6.42 Å². The van der Waals surface area contributed by atoms with E-state index in [-0.39, 0.29) is 65.5 Å². The van der Waals surface area contributed by atoms with E-state index in [0.717, 1.165) is 0 Å². The number of aliphatic carboxylic acids is 2. The van der Waals surface area contributed by atoms with Crippen LogP contribution < -0.4 is 69.3 Å². The van der Waals surface area contributed by atoms with E-state index in [2.05, 4.69) is 0 Å². The number of ether oxygens (including phenoxy) is 5. The van der Waals surface area contributed by atoms with E-state index in [1.54, 1.807) is 30.3 Å². The van der Waals surface area contributed by atoms with Crippen LogP contribution in [0.5, 0.6) is 0 Å². The van der Waals surface area contributed by atoms with Crippen molar-refractivity contribution < 1.29 is 128 Å². The molecule has 1 aromatic rings. The zero-order valence-electron chi connectivity index (χ0n) is 24.3. The Balaban J connectivity index is 0.00000323. The summed E-state index contributed by atoms with van der Waals surface area (Å²) in [6, 6.07) is 8.37.